The first-order chi connectivity index (χ1) is 17.2. The van der Waals surface area contributed by atoms with Crippen LogP contribution < -0.4 is 9.47 Å². The minimum Gasteiger partial charge on any atom is -0.488 e. The van der Waals surface area contributed by atoms with Crippen LogP contribution in [0.3, 0.4) is 0 Å². The van der Waals surface area contributed by atoms with Gasteiger partial charge in [-0.2, -0.15) is 21.6 Å². The fourth-order valence-corrected chi connectivity index (χ4v) is 5.12. The van der Waals surface area contributed by atoms with E-state index in [0.717, 1.165) is 11.5 Å². The Morgan fingerprint density at radius 1 is 0.632 bits per heavy atom. The van der Waals surface area contributed by atoms with E-state index in [-0.39, 0.29) is 22.1 Å². The molecule has 10 heteroatoms. The standard InChI is InChI=1S/C27H33O2S.CHF3O3S/c1-20-8-14-23(15-9-20)30(24-16-10-21(11-17-24)28-26(2,3)4)25-18-12-22(13-19-25)29-27(5,6)7;2-1(3,4)8(5,6)7/h8-19H,1-7H3;(H,5,6,7)/q+1;. The molecule has 0 aliphatic heterocycles. The van der Waals surface area contributed by atoms with Gasteiger partial charge >= 0.3 is 15.6 Å². The van der Waals surface area contributed by atoms with Gasteiger partial charge in [-0.1, -0.05) is 17.7 Å². The minimum atomic E-state index is -5.84. The third kappa shape index (κ3) is 10.2. The van der Waals surface area contributed by atoms with Gasteiger partial charge in [0.05, 0.1) is 10.9 Å². The third-order valence-corrected chi connectivity index (χ3v) is 7.33. The molecule has 5 nitrogen and oxygen atoms in total. The van der Waals surface area contributed by atoms with Crippen LogP contribution in [0.5, 0.6) is 11.5 Å². The molecule has 0 aliphatic rings. The van der Waals surface area contributed by atoms with E-state index in [0.29, 0.717) is 0 Å². The highest BCUT2D eigenvalue weighted by molar-refractivity contribution is 7.97. The van der Waals surface area contributed by atoms with E-state index in [4.69, 9.17) is 22.4 Å². The number of hydrogen-bond acceptors (Lipinski definition) is 4. The smallest absolute Gasteiger partial charge is 0.488 e. The molecule has 1 N–H and O–H groups in total. The summed E-state index contributed by atoms with van der Waals surface area (Å²) in [6, 6.07) is 25.9. The van der Waals surface area contributed by atoms with Crippen LogP contribution in [0.4, 0.5) is 13.2 Å². The van der Waals surface area contributed by atoms with Gasteiger partial charge in [-0.25, -0.2) is 0 Å². The number of rotatable bonds is 5. The van der Waals surface area contributed by atoms with E-state index in [1.165, 1.54) is 20.2 Å². The lowest BCUT2D eigenvalue weighted by molar-refractivity contribution is -0.0510. The zero-order valence-corrected chi connectivity index (χ0v) is 24.1. The van der Waals surface area contributed by atoms with Gasteiger partial charge in [-0.3, -0.25) is 4.55 Å². The maximum atomic E-state index is 10.7. The second-order valence-corrected chi connectivity index (χ2v) is 13.9. The molecule has 3 rings (SSSR count). The number of benzene rings is 3. The normalized spacial score (nSPS) is 12.5. The van der Waals surface area contributed by atoms with Gasteiger partial charge in [-0.15, -0.1) is 0 Å². The summed E-state index contributed by atoms with van der Waals surface area (Å²) in [5.74, 6) is 1.79. The lowest BCUT2D eigenvalue weighted by atomic mass is 10.2. The highest BCUT2D eigenvalue weighted by Crippen LogP contribution is 2.34. The summed E-state index contributed by atoms with van der Waals surface area (Å²) < 4.78 is 69.6. The largest absolute Gasteiger partial charge is 0.522 e. The zero-order chi connectivity index (χ0) is 28.9. The minimum absolute atomic E-state index is 0.197. The third-order valence-electron chi connectivity index (χ3n) is 4.52. The first-order valence-electron chi connectivity index (χ1n) is 11.7. The molecule has 0 radical (unpaired) electrons. The summed E-state index contributed by atoms with van der Waals surface area (Å²) in [5.41, 5.74) is -4.68. The van der Waals surface area contributed by atoms with Crippen molar-refractivity contribution < 1.29 is 35.6 Å². The Hall–Kier alpha value is -2.69. The average Bonchev–Trinajstić information content (AvgIpc) is 2.74. The molecule has 0 saturated heterocycles. The van der Waals surface area contributed by atoms with Crippen molar-refractivity contribution in [1.82, 2.24) is 0 Å². The van der Waals surface area contributed by atoms with Gasteiger partial charge in [0.25, 0.3) is 0 Å². The Morgan fingerprint density at radius 2 is 0.895 bits per heavy atom. The van der Waals surface area contributed by atoms with Gasteiger partial charge < -0.3 is 9.47 Å². The predicted molar refractivity (Wildman–Crippen MR) is 145 cm³/mol. The van der Waals surface area contributed by atoms with Crippen LogP contribution in [-0.2, 0) is 21.0 Å². The molecule has 3 aromatic carbocycles. The maximum absolute atomic E-state index is 10.7. The summed E-state index contributed by atoms with van der Waals surface area (Å²) >= 11 is 0. The highest BCUT2D eigenvalue weighted by Gasteiger charge is 2.44. The number of ether oxygens (including phenoxy) is 2. The van der Waals surface area contributed by atoms with Crippen molar-refractivity contribution in [3.8, 4) is 11.5 Å². The molecule has 0 saturated carbocycles. The van der Waals surface area contributed by atoms with E-state index in [2.05, 4.69) is 121 Å². The van der Waals surface area contributed by atoms with Crippen LogP contribution in [0.25, 0.3) is 0 Å². The monoisotopic (exact) mass is 571 g/mol. The lowest BCUT2D eigenvalue weighted by Crippen LogP contribution is -2.23. The maximum Gasteiger partial charge on any atom is 0.522 e. The van der Waals surface area contributed by atoms with Gasteiger partial charge in [0, 0.05) is 0 Å². The summed E-state index contributed by atoms with van der Waals surface area (Å²) in [6.45, 7) is 14.5. The molecule has 0 fully saturated rings. The molecule has 0 aromatic heterocycles. The SMILES string of the molecule is Cc1ccc([S+](c2ccc(OC(C)(C)C)cc2)c2ccc(OC(C)(C)C)cc2)cc1.O=S(=O)(O)C(F)(F)F. The van der Waals surface area contributed by atoms with E-state index >= 15 is 0 Å². The molecule has 0 heterocycles. The van der Waals surface area contributed by atoms with Crippen molar-refractivity contribution in [1.29, 1.82) is 0 Å². The molecule has 208 valence electrons. The Labute approximate surface area is 226 Å². The second kappa shape index (κ2) is 12.0. The molecule has 0 unspecified atom stereocenters. The number of alkyl halides is 3. The predicted octanol–water partition coefficient (Wildman–Crippen LogP) is 7.84. The fourth-order valence-electron chi connectivity index (χ4n) is 3.08. The summed E-state index contributed by atoms with van der Waals surface area (Å²) in [5, 5.41) is 0. The van der Waals surface area contributed by atoms with Gasteiger partial charge in [0.2, 0.25) is 0 Å². The van der Waals surface area contributed by atoms with E-state index in [1.807, 2.05) is 0 Å². The van der Waals surface area contributed by atoms with Crippen LogP contribution in [0, 0.1) is 6.92 Å². The first-order valence-corrected chi connectivity index (χ1v) is 14.3. The molecule has 0 amide bonds. The number of aryl methyl sites for hydroxylation is 1. The molecule has 0 spiro atoms. The topological polar surface area (TPSA) is 72.8 Å². The van der Waals surface area contributed by atoms with Crippen LogP contribution in [-0.4, -0.2) is 29.7 Å². The molecule has 0 atom stereocenters. The lowest BCUT2D eigenvalue weighted by Gasteiger charge is -2.21. The summed E-state index contributed by atoms with van der Waals surface area (Å²) in [7, 11) is -6.04. The van der Waals surface area contributed by atoms with E-state index in [9.17, 15) is 13.2 Å². The van der Waals surface area contributed by atoms with Gasteiger partial charge in [0.1, 0.15) is 22.7 Å². The fraction of sp³-hybridized carbons (Fsp3) is 0.357. The van der Waals surface area contributed by atoms with Crippen LogP contribution >= 0.6 is 0 Å². The van der Waals surface area contributed by atoms with Crippen molar-refractivity contribution in [2.24, 2.45) is 0 Å². The van der Waals surface area contributed by atoms with Crippen molar-refractivity contribution in [3.63, 3.8) is 0 Å². The zero-order valence-electron chi connectivity index (χ0n) is 22.5. The van der Waals surface area contributed by atoms with Gasteiger partial charge in [0.15, 0.2) is 14.7 Å². The van der Waals surface area contributed by atoms with E-state index < -0.39 is 15.6 Å². The molecular weight excluding hydrogens is 537 g/mol. The number of hydrogen-bond donors (Lipinski definition) is 1. The molecule has 0 aliphatic carbocycles. The van der Waals surface area contributed by atoms with Crippen molar-refractivity contribution in [3.05, 3.63) is 78.4 Å². The summed E-state index contributed by atoms with van der Waals surface area (Å²) in [4.78, 5) is 3.84. The average molecular weight is 572 g/mol. The van der Waals surface area contributed by atoms with Crippen LogP contribution in [0.15, 0.2) is 87.5 Å². The van der Waals surface area contributed by atoms with Crippen LogP contribution in [0.1, 0.15) is 47.1 Å². The van der Waals surface area contributed by atoms with Crippen molar-refractivity contribution in [2.45, 2.75) is 79.9 Å². The Kier molecular flexibility index (Phi) is 9.96. The second-order valence-electron chi connectivity index (χ2n) is 10.4. The van der Waals surface area contributed by atoms with Gasteiger partial charge in [-0.05, 0) is 109 Å². The molecule has 0 bridgehead atoms. The molecule has 3 aromatic rings. The Bertz CT molecular complexity index is 1210. The number of halogens is 3. The van der Waals surface area contributed by atoms with Crippen molar-refractivity contribution in [2.75, 3.05) is 0 Å². The van der Waals surface area contributed by atoms with E-state index in [1.54, 1.807) is 0 Å². The van der Waals surface area contributed by atoms with Crippen LogP contribution in [0.2, 0.25) is 0 Å². The Morgan fingerprint density at radius 3 is 1.13 bits per heavy atom. The van der Waals surface area contributed by atoms with Crippen molar-refractivity contribution >= 4 is 21.0 Å². The molecular formula is C28H34F3O5S2+. The molecule has 38 heavy (non-hydrogen) atoms. The summed E-state index contributed by atoms with van der Waals surface area (Å²) in [6.07, 6.45) is 0. The quantitative estimate of drug-likeness (QED) is 0.192. The Balaban J connectivity index is 0.000000550. The first kappa shape index (κ1) is 31.5. The highest BCUT2D eigenvalue weighted by atomic mass is 32.2.